The molecule has 1 unspecified atom stereocenters. The fraction of sp³-hybridized carbons (Fsp3) is 0.647. The van der Waals surface area contributed by atoms with Crippen LogP contribution in [0.5, 0.6) is 0 Å². The van der Waals surface area contributed by atoms with E-state index in [1.807, 2.05) is 0 Å². The van der Waals surface area contributed by atoms with Crippen molar-refractivity contribution in [1.82, 2.24) is 5.32 Å². The van der Waals surface area contributed by atoms with E-state index in [0.717, 1.165) is 5.92 Å². The minimum atomic E-state index is 0.887. The molecule has 1 aliphatic rings. The Morgan fingerprint density at radius 1 is 1.11 bits per heavy atom. The molecule has 0 spiro atoms. The second kappa shape index (κ2) is 5.88. The molecule has 0 aromatic heterocycles. The number of hydrogen-bond donors (Lipinski definition) is 1. The molecular formula is C17H27N. The Morgan fingerprint density at radius 2 is 1.78 bits per heavy atom. The standard InChI is InChI=1S/C17H27N/c1-12-10-13(2)15(4)17(14(12)3)8-7-16-6-5-9-18-11-16/h10,16,18H,5-9,11H2,1-4H3. The molecule has 100 valence electrons. The lowest BCUT2D eigenvalue weighted by atomic mass is 9.87. The molecule has 18 heavy (non-hydrogen) atoms. The van der Waals surface area contributed by atoms with Gasteiger partial charge in [-0.15, -0.1) is 0 Å². The first-order valence-electron chi connectivity index (χ1n) is 7.36. The molecule has 1 heteroatoms. The SMILES string of the molecule is Cc1cc(C)c(C)c(CCC2CCCNC2)c1C. The van der Waals surface area contributed by atoms with Crippen molar-refractivity contribution < 1.29 is 0 Å². The minimum Gasteiger partial charge on any atom is -0.316 e. The van der Waals surface area contributed by atoms with Gasteiger partial charge >= 0.3 is 0 Å². The summed E-state index contributed by atoms with van der Waals surface area (Å²) >= 11 is 0. The van der Waals surface area contributed by atoms with E-state index in [1.54, 1.807) is 5.56 Å². The summed E-state index contributed by atoms with van der Waals surface area (Å²) < 4.78 is 0. The van der Waals surface area contributed by atoms with Crippen LogP contribution in [0.4, 0.5) is 0 Å². The van der Waals surface area contributed by atoms with E-state index in [1.165, 1.54) is 61.0 Å². The van der Waals surface area contributed by atoms with Crippen LogP contribution in [0, 0.1) is 33.6 Å². The van der Waals surface area contributed by atoms with Gasteiger partial charge in [-0.1, -0.05) is 6.07 Å². The first-order valence-corrected chi connectivity index (χ1v) is 7.36. The van der Waals surface area contributed by atoms with Crippen molar-refractivity contribution in [2.75, 3.05) is 13.1 Å². The molecule has 2 rings (SSSR count). The molecule has 1 atom stereocenters. The van der Waals surface area contributed by atoms with Crippen molar-refractivity contribution in [2.24, 2.45) is 5.92 Å². The molecule has 1 aromatic carbocycles. The van der Waals surface area contributed by atoms with Crippen LogP contribution >= 0.6 is 0 Å². The summed E-state index contributed by atoms with van der Waals surface area (Å²) in [5.41, 5.74) is 7.55. The molecule has 1 fully saturated rings. The summed E-state index contributed by atoms with van der Waals surface area (Å²) in [5.74, 6) is 0.887. The number of benzene rings is 1. The smallest absolute Gasteiger partial charge is 0.00204 e. The molecule has 1 N–H and O–H groups in total. The van der Waals surface area contributed by atoms with Gasteiger partial charge in [-0.05, 0) is 100 Å². The average molecular weight is 245 g/mol. The molecule has 0 saturated carbocycles. The summed E-state index contributed by atoms with van der Waals surface area (Å²) in [6.07, 6.45) is 5.37. The van der Waals surface area contributed by atoms with Crippen molar-refractivity contribution >= 4 is 0 Å². The Morgan fingerprint density at radius 3 is 2.33 bits per heavy atom. The Balaban J connectivity index is 2.08. The van der Waals surface area contributed by atoms with Gasteiger partial charge in [-0.3, -0.25) is 0 Å². The number of rotatable bonds is 3. The second-order valence-electron chi connectivity index (χ2n) is 5.99. The van der Waals surface area contributed by atoms with Gasteiger partial charge in [0.2, 0.25) is 0 Å². The Labute approximate surface area is 112 Å². The summed E-state index contributed by atoms with van der Waals surface area (Å²) in [5, 5.41) is 3.52. The second-order valence-corrected chi connectivity index (χ2v) is 5.99. The van der Waals surface area contributed by atoms with Crippen LogP contribution in [0.3, 0.4) is 0 Å². The summed E-state index contributed by atoms with van der Waals surface area (Å²) in [7, 11) is 0. The highest BCUT2D eigenvalue weighted by Gasteiger charge is 2.15. The van der Waals surface area contributed by atoms with Crippen LogP contribution in [0.25, 0.3) is 0 Å². The van der Waals surface area contributed by atoms with E-state index in [0.29, 0.717) is 0 Å². The van der Waals surface area contributed by atoms with Gasteiger partial charge in [-0.25, -0.2) is 0 Å². The molecule has 1 aliphatic heterocycles. The summed E-state index contributed by atoms with van der Waals surface area (Å²) in [4.78, 5) is 0. The zero-order valence-electron chi connectivity index (χ0n) is 12.4. The number of aryl methyl sites for hydroxylation is 2. The van der Waals surface area contributed by atoms with Gasteiger partial charge < -0.3 is 5.32 Å². The van der Waals surface area contributed by atoms with Gasteiger partial charge in [0.15, 0.2) is 0 Å². The van der Waals surface area contributed by atoms with E-state index >= 15 is 0 Å². The van der Waals surface area contributed by atoms with Crippen LogP contribution in [0.1, 0.15) is 47.1 Å². The monoisotopic (exact) mass is 245 g/mol. The van der Waals surface area contributed by atoms with Crippen LogP contribution in [0.2, 0.25) is 0 Å². The van der Waals surface area contributed by atoms with Gasteiger partial charge in [-0.2, -0.15) is 0 Å². The van der Waals surface area contributed by atoms with E-state index < -0.39 is 0 Å². The highest BCUT2D eigenvalue weighted by atomic mass is 14.9. The van der Waals surface area contributed by atoms with Crippen LogP contribution in [-0.2, 0) is 6.42 Å². The lowest BCUT2D eigenvalue weighted by molar-refractivity contribution is 0.358. The molecule has 1 aromatic rings. The molecule has 0 bridgehead atoms. The third kappa shape index (κ3) is 2.95. The van der Waals surface area contributed by atoms with Crippen molar-refractivity contribution in [3.05, 3.63) is 33.9 Å². The summed E-state index contributed by atoms with van der Waals surface area (Å²) in [6.45, 7) is 11.5. The predicted octanol–water partition coefficient (Wildman–Crippen LogP) is 3.85. The maximum absolute atomic E-state index is 3.52. The molecule has 1 nitrogen and oxygen atoms in total. The molecule has 0 aliphatic carbocycles. The molecule has 1 heterocycles. The normalized spacial score (nSPS) is 20.1. The molecule has 0 amide bonds. The van der Waals surface area contributed by atoms with Crippen molar-refractivity contribution in [3.63, 3.8) is 0 Å². The Hall–Kier alpha value is -0.820. The third-order valence-corrected chi connectivity index (χ3v) is 4.72. The van der Waals surface area contributed by atoms with E-state index in [-0.39, 0.29) is 0 Å². The highest BCUT2D eigenvalue weighted by Crippen LogP contribution is 2.25. The summed E-state index contributed by atoms with van der Waals surface area (Å²) in [6, 6.07) is 2.33. The van der Waals surface area contributed by atoms with E-state index in [2.05, 4.69) is 39.1 Å². The van der Waals surface area contributed by atoms with Gasteiger partial charge in [0.1, 0.15) is 0 Å². The first-order chi connectivity index (χ1) is 8.59. The lowest BCUT2D eigenvalue weighted by Crippen LogP contribution is -2.30. The largest absolute Gasteiger partial charge is 0.316 e. The number of nitrogens with one attached hydrogen (secondary N) is 1. The maximum Gasteiger partial charge on any atom is -0.00204 e. The zero-order valence-corrected chi connectivity index (χ0v) is 12.4. The fourth-order valence-corrected chi connectivity index (χ4v) is 3.19. The quantitative estimate of drug-likeness (QED) is 0.853. The highest BCUT2D eigenvalue weighted by molar-refractivity contribution is 5.44. The minimum absolute atomic E-state index is 0.887. The molecule has 1 saturated heterocycles. The zero-order chi connectivity index (χ0) is 13.1. The molecular weight excluding hydrogens is 218 g/mol. The molecule has 0 radical (unpaired) electrons. The van der Waals surface area contributed by atoms with Crippen molar-refractivity contribution in [1.29, 1.82) is 0 Å². The topological polar surface area (TPSA) is 12.0 Å². The van der Waals surface area contributed by atoms with Crippen molar-refractivity contribution in [2.45, 2.75) is 53.4 Å². The Bertz CT molecular complexity index is 388. The van der Waals surface area contributed by atoms with Crippen LogP contribution in [0.15, 0.2) is 6.07 Å². The van der Waals surface area contributed by atoms with Crippen LogP contribution in [-0.4, -0.2) is 13.1 Å². The first kappa shape index (κ1) is 13.6. The predicted molar refractivity (Wildman–Crippen MR) is 79.3 cm³/mol. The van der Waals surface area contributed by atoms with E-state index in [9.17, 15) is 0 Å². The van der Waals surface area contributed by atoms with E-state index in [4.69, 9.17) is 0 Å². The van der Waals surface area contributed by atoms with Gasteiger partial charge in [0.05, 0.1) is 0 Å². The van der Waals surface area contributed by atoms with Crippen molar-refractivity contribution in [3.8, 4) is 0 Å². The fourth-order valence-electron chi connectivity index (χ4n) is 3.19. The van der Waals surface area contributed by atoms with Gasteiger partial charge in [0, 0.05) is 0 Å². The average Bonchev–Trinajstić information content (AvgIpc) is 2.38. The van der Waals surface area contributed by atoms with Gasteiger partial charge in [0.25, 0.3) is 0 Å². The Kier molecular flexibility index (Phi) is 4.45. The maximum atomic E-state index is 3.52. The number of piperidine rings is 1. The third-order valence-electron chi connectivity index (χ3n) is 4.72. The van der Waals surface area contributed by atoms with Crippen LogP contribution < -0.4 is 5.32 Å². The lowest BCUT2D eigenvalue weighted by Gasteiger charge is -2.24. The number of hydrogen-bond acceptors (Lipinski definition) is 1.